The fourth-order valence-corrected chi connectivity index (χ4v) is 8.15. The van der Waals surface area contributed by atoms with Crippen LogP contribution in [0.5, 0.6) is 17.2 Å². The fourth-order valence-electron chi connectivity index (χ4n) is 6.28. The van der Waals surface area contributed by atoms with Crippen LogP contribution in [0.3, 0.4) is 0 Å². The number of rotatable bonds is 11. The Morgan fingerprint density at radius 2 is 1.84 bits per heavy atom. The molecule has 4 aromatic carbocycles. The average Bonchev–Trinajstić information content (AvgIpc) is 3.81. The van der Waals surface area contributed by atoms with Gasteiger partial charge in [-0.2, -0.15) is 0 Å². The number of aliphatic hydroxyl groups excluding tert-OH is 1. The van der Waals surface area contributed by atoms with E-state index >= 15 is 0 Å². The number of fused-ring (bicyclic) bond motifs is 2. The number of carbonyl (C=O) groups is 2. The van der Waals surface area contributed by atoms with Gasteiger partial charge >= 0.3 is 5.91 Å². The third-order valence-electron chi connectivity index (χ3n) is 8.49. The molecule has 49 heavy (non-hydrogen) atoms. The normalized spacial score (nSPS) is 18.1. The third kappa shape index (κ3) is 6.36. The smallest absolute Gasteiger partial charge is 0.301 e. The lowest BCUT2D eigenvalue weighted by Gasteiger charge is -2.23. The highest BCUT2D eigenvalue weighted by molar-refractivity contribution is 8.00. The van der Waals surface area contributed by atoms with E-state index in [0.29, 0.717) is 52.4 Å². The highest BCUT2D eigenvalue weighted by atomic mass is 32.2. The van der Waals surface area contributed by atoms with Crippen LogP contribution in [0.15, 0.2) is 88.8 Å². The largest absolute Gasteiger partial charge is 0.507 e. The predicted octanol–water partition coefficient (Wildman–Crippen LogP) is 8.12. The lowest BCUT2D eigenvalue weighted by molar-refractivity contribution is -0.132. The molecule has 2 atom stereocenters. The molecule has 5 aromatic rings. The van der Waals surface area contributed by atoms with Crippen LogP contribution >= 0.6 is 23.1 Å². The van der Waals surface area contributed by atoms with E-state index in [-0.39, 0.29) is 22.6 Å². The number of Topliss-reactive ketones (excluding diaryl/α,β-unsaturated/α-hetero) is 1. The van der Waals surface area contributed by atoms with Crippen molar-refractivity contribution in [2.75, 3.05) is 18.1 Å². The molecule has 2 aliphatic rings. The lowest BCUT2D eigenvalue weighted by Crippen LogP contribution is -2.29. The van der Waals surface area contributed by atoms with E-state index in [9.17, 15) is 14.7 Å². The number of aromatic nitrogens is 2. The summed E-state index contributed by atoms with van der Waals surface area (Å²) >= 11 is 2.74. The van der Waals surface area contributed by atoms with Crippen LogP contribution in [0, 0.1) is 0 Å². The van der Waals surface area contributed by atoms with Gasteiger partial charge in [-0.1, -0.05) is 78.6 Å². The summed E-state index contributed by atoms with van der Waals surface area (Å²) in [6, 6.07) is 24.1. The molecule has 0 saturated carbocycles. The molecule has 0 unspecified atom stereocenters. The molecule has 7 rings (SSSR count). The third-order valence-corrected chi connectivity index (χ3v) is 10.6. The highest BCUT2D eigenvalue weighted by Crippen LogP contribution is 2.46. The summed E-state index contributed by atoms with van der Waals surface area (Å²) in [6.45, 7) is 6.76. The van der Waals surface area contributed by atoms with Gasteiger partial charge in [-0.05, 0) is 78.1 Å². The number of ether oxygens (including phenoxy) is 3. The van der Waals surface area contributed by atoms with Gasteiger partial charge < -0.3 is 19.3 Å². The first-order chi connectivity index (χ1) is 23.9. The zero-order valence-corrected chi connectivity index (χ0v) is 29.0. The summed E-state index contributed by atoms with van der Waals surface area (Å²) in [7, 11) is 0. The summed E-state index contributed by atoms with van der Waals surface area (Å²) in [6.07, 6.45) is 1.50. The predicted molar refractivity (Wildman–Crippen MR) is 192 cm³/mol. The van der Waals surface area contributed by atoms with Crippen molar-refractivity contribution in [3.05, 3.63) is 107 Å². The van der Waals surface area contributed by atoms with Crippen LogP contribution in [-0.2, 0) is 21.8 Å². The Morgan fingerprint density at radius 1 is 1.00 bits per heavy atom. The van der Waals surface area contributed by atoms with Gasteiger partial charge in [-0.3, -0.25) is 14.5 Å². The molecule has 1 N–H and O–H groups in total. The lowest BCUT2D eigenvalue weighted by atomic mass is 9.94. The molecule has 1 fully saturated rings. The second-order valence-electron chi connectivity index (χ2n) is 11.9. The van der Waals surface area contributed by atoms with Crippen molar-refractivity contribution in [2.45, 2.75) is 55.9 Å². The molecule has 11 heteroatoms. The van der Waals surface area contributed by atoms with Crippen molar-refractivity contribution in [1.82, 2.24) is 10.2 Å². The SMILES string of the molecule is CCCOc1ccc([C@@H]2/C(=C(\O)c3ccc4c(c3)C[C@H](C)O4)C(=O)C(=O)N2c2nnc(SCc3cccc4ccccc34)s2)cc1OCC. The number of anilines is 1. The Balaban J connectivity index is 1.28. The molecule has 1 saturated heterocycles. The van der Waals surface area contributed by atoms with Crippen LogP contribution in [0.2, 0.25) is 0 Å². The summed E-state index contributed by atoms with van der Waals surface area (Å²) in [5.74, 6) is 0.551. The van der Waals surface area contributed by atoms with E-state index in [1.165, 1.54) is 28.0 Å². The number of ketones is 1. The van der Waals surface area contributed by atoms with Gasteiger partial charge in [-0.25, -0.2) is 0 Å². The standard InChI is InChI=1S/C38H35N3O6S2/c1-4-17-46-30-16-13-24(20-31(30)45-5-2)33-32(34(42)25-14-15-29-27(19-25)18-22(3)47-29)35(43)36(44)41(33)37-39-40-38(49-37)48-21-26-11-8-10-23-9-6-7-12-28(23)26/h6-16,19-20,22,33,42H,4-5,17-18,21H2,1-3H3/b34-32+/t22-,33+/m0/s1. The van der Waals surface area contributed by atoms with Gasteiger partial charge in [0.1, 0.15) is 17.6 Å². The van der Waals surface area contributed by atoms with Crippen molar-refractivity contribution in [3.63, 3.8) is 0 Å². The van der Waals surface area contributed by atoms with E-state index in [0.717, 1.165) is 34.1 Å². The molecule has 9 nitrogen and oxygen atoms in total. The zero-order chi connectivity index (χ0) is 34.1. The number of hydrogen-bond donors (Lipinski definition) is 1. The zero-order valence-electron chi connectivity index (χ0n) is 27.3. The minimum absolute atomic E-state index is 0.00786. The number of amides is 1. The van der Waals surface area contributed by atoms with Crippen LogP contribution in [0.4, 0.5) is 5.13 Å². The molecule has 250 valence electrons. The summed E-state index contributed by atoms with van der Waals surface area (Å²) < 4.78 is 18.4. The number of nitrogens with zero attached hydrogens (tertiary/aromatic N) is 3. The minimum atomic E-state index is -0.994. The summed E-state index contributed by atoms with van der Waals surface area (Å²) in [4.78, 5) is 29.1. The Morgan fingerprint density at radius 3 is 2.67 bits per heavy atom. The maximum atomic E-state index is 13.9. The Hall–Kier alpha value is -4.87. The van der Waals surface area contributed by atoms with Gasteiger partial charge in [0, 0.05) is 17.7 Å². The number of benzene rings is 4. The maximum absolute atomic E-state index is 13.9. The molecule has 1 amide bonds. The maximum Gasteiger partial charge on any atom is 0.301 e. The van der Waals surface area contributed by atoms with Crippen LogP contribution in [-0.4, -0.2) is 46.3 Å². The van der Waals surface area contributed by atoms with E-state index in [2.05, 4.69) is 34.5 Å². The molecule has 3 heterocycles. The molecule has 1 aromatic heterocycles. The van der Waals surface area contributed by atoms with Crippen molar-refractivity contribution >= 4 is 56.5 Å². The molecule has 2 aliphatic heterocycles. The minimum Gasteiger partial charge on any atom is -0.507 e. The molecule has 0 spiro atoms. The van der Waals surface area contributed by atoms with Crippen molar-refractivity contribution < 1.29 is 28.9 Å². The van der Waals surface area contributed by atoms with Gasteiger partial charge in [0.15, 0.2) is 15.8 Å². The van der Waals surface area contributed by atoms with Crippen LogP contribution in [0.1, 0.15) is 55.5 Å². The van der Waals surface area contributed by atoms with Crippen molar-refractivity contribution in [3.8, 4) is 17.2 Å². The van der Waals surface area contributed by atoms with Crippen molar-refractivity contribution in [2.24, 2.45) is 0 Å². The monoisotopic (exact) mass is 693 g/mol. The first kappa shape index (κ1) is 32.7. The molecular formula is C38H35N3O6S2. The second-order valence-corrected chi connectivity index (χ2v) is 14.1. The van der Waals surface area contributed by atoms with E-state index in [1.807, 2.05) is 45.0 Å². The number of carbonyl (C=O) groups excluding carboxylic acids is 2. The Kier molecular flexibility index (Phi) is 9.29. The number of aliphatic hydroxyl groups is 1. The Labute approximate surface area is 292 Å². The van der Waals surface area contributed by atoms with E-state index < -0.39 is 17.7 Å². The first-order valence-corrected chi connectivity index (χ1v) is 18.1. The van der Waals surface area contributed by atoms with Gasteiger partial charge in [0.2, 0.25) is 5.13 Å². The number of thioether (sulfide) groups is 1. The first-order valence-electron chi connectivity index (χ1n) is 16.3. The highest BCUT2D eigenvalue weighted by Gasteiger charge is 2.48. The molecular weight excluding hydrogens is 659 g/mol. The number of hydrogen-bond acceptors (Lipinski definition) is 10. The quantitative estimate of drug-likeness (QED) is 0.0482. The molecule has 0 aliphatic carbocycles. The van der Waals surface area contributed by atoms with Gasteiger partial charge in [-0.15, -0.1) is 10.2 Å². The van der Waals surface area contributed by atoms with Crippen LogP contribution in [0.25, 0.3) is 16.5 Å². The topological polar surface area (TPSA) is 111 Å². The van der Waals surface area contributed by atoms with E-state index in [4.69, 9.17) is 14.2 Å². The average molecular weight is 694 g/mol. The van der Waals surface area contributed by atoms with E-state index in [1.54, 1.807) is 30.3 Å². The second kappa shape index (κ2) is 13.9. The molecule has 0 bridgehead atoms. The fraction of sp³-hybridized carbons (Fsp3) is 0.263. The van der Waals surface area contributed by atoms with Gasteiger partial charge in [0.05, 0.1) is 24.8 Å². The van der Waals surface area contributed by atoms with Gasteiger partial charge in [0.25, 0.3) is 5.78 Å². The van der Waals surface area contributed by atoms with Crippen molar-refractivity contribution in [1.29, 1.82) is 0 Å². The summed E-state index contributed by atoms with van der Waals surface area (Å²) in [5.41, 5.74) is 3.03. The Bertz CT molecular complexity index is 2090. The molecule has 0 radical (unpaired) electrons. The summed E-state index contributed by atoms with van der Waals surface area (Å²) in [5, 5.41) is 23.2. The van der Waals surface area contributed by atoms with Crippen LogP contribution < -0.4 is 19.1 Å².